The van der Waals surface area contributed by atoms with Crippen LogP contribution in [0.5, 0.6) is 0 Å². The molecular weight excluding hydrogens is 388 g/mol. The summed E-state index contributed by atoms with van der Waals surface area (Å²) in [5, 5.41) is 14.7. The predicted molar refractivity (Wildman–Crippen MR) is 74.4 cm³/mol. The summed E-state index contributed by atoms with van der Waals surface area (Å²) in [5.41, 5.74) is 0.408. The third kappa shape index (κ3) is 3.04. The number of hydrogen-bond acceptors (Lipinski definition) is 4. The Morgan fingerprint density at radius 1 is 1.47 bits per heavy atom. The molecule has 2 aromatic rings. The lowest BCUT2D eigenvalue weighted by atomic mass is 10.3. The number of anilines is 1. The Hall–Kier alpha value is -1.20. The minimum atomic E-state index is -3.90. The third-order valence-corrected chi connectivity index (χ3v) is 4.56. The van der Waals surface area contributed by atoms with Gasteiger partial charge in [-0.3, -0.25) is 9.82 Å². The number of rotatable bonds is 4. The van der Waals surface area contributed by atoms with Crippen molar-refractivity contribution < 1.29 is 17.9 Å². The first-order valence-electron chi connectivity index (χ1n) is 5.05. The Morgan fingerprint density at radius 2 is 2.21 bits per heavy atom. The number of aromatic amines is 1. The van der Waals surface area contributed by atoms with Gasteiger partial charge in [-0.15, -0.1) is 0 Å². The molecular formula is C10H9FIN3O3S. The molecule has 0 amide bonds. The largest absolute Gasteiger partial charge is 0.392 e. The van der Waals surface area contributed by atoms with E-state index in [1.165, 1.54) is 18.3 Å². The van der Waals surface area contributed by atoms with Crippen LogP contribution in [0.1, 0.15) is 5.56 Å². The molecule has 1 aromatic carbocycles. The van der Waals surface area contributed by atoms with Crippen molar-refractivity contribution in [2.45, 2.75) is 11.6 Å². The van der Waals surface area contributed by atoms with Crippen molar-refractivity contribution in [2.75, 3.05) is 4.72 Å². The van der Waals surface area contributed by atoms with Gasteiger partial charge in [0.1, 0.15) is 5.82 Å². The number of nitrogens with one attached hydrogen (secondary N) is 2. The lowest BCUT2D eigenvalue weighted by Crippen LogP contribution is -2.16. The molecule has 0 spiro atoms. The van der Waals surface area contributed by atoms with Crippen LogP contribution in [0.25, 0.3) is 0 Å². The lowest BCUT2D eigenvalue weighted by molar-refractivity contribution is 0.278. The Labute approximate surface area is 122 Å². The molecule has 6 nitrogen and oxygen atoms in total. The number of halogens is 2. The molecule has 9 heteroatoms. The summed E-state index contributed by atoms with van der Waals surface area (Å²) >= 11 is 1.82. The minimum Gasteiger partial charge on any atom is -0.392 e. The van der Waals surface area contributed by atoms with Gasteiger partial charge in [0.15, 0.2) is 5.03 Å². The first-order chi connectivity index (χ1) is 8.94. The van der Waals surface area contributed by atoms with E-state index in [0.717, 1.165) is 6.07 Å². The zero-order chi connectivity index (χ0) is 14.0. The van der Waals surface area contributed by atoms with Crippen molar-refractivity contribution in [3.8, 4) is 0 Å². The fraction of sp³-hybridized carbons (Fsp3) is 0.100. The van der Waals surface area contributed by atoms with Crippen molar-refractivity contribution in [3.63, 3.8) is 0 Å². The molecule has 2 rings (SSSR count). The van der Waals surface area contributed by atoms with Crippen LogP contribution in [-0.2, 0) is 16.6 Å². The molecule has 0 aliphatic carbocycles. The number of aromatic nitrogens is 2. The molecule has 0 aliphatic heterocycles. The van der Waals surface area contributed by atoms with Crippen LogP contribution >= 0.6 is 22.6 Å². The SMILES string of the molecule is O=S(=O)(Nc1ccc(F)cc1I)c1[nH]ncc1CO. The predicted octanol–water partition coefficient (Wildman–Crippen LogP) is 1.45. The lowest BCUT2D eigenvalue weighted by Gasteiger charge is -2.09. The van der Waals surface area contributed by atoms with Crippen LogP contribution in [0.15, 0.2) is 29.4 Å². The van der Waals surface area contributed by atoms with Crippen molar-refractivity contribution in [2.24, 2.45) is 0 Å². The molecule has 0 bridgehead atoms. The van der Waals surface area contributed by atoms with Gasteiger partial charge < -0.3 is 5.11 Å². The van der Waals surface area contributed by atoms with Gasteiger partial charge in [0.2, 0.25) is 0 Å². The minimum absolute atomic E-state index is 0.157. The first-order valence-corrected chi connectivity index (χ1v) is 7.61. The van der Waals surface area contributed by atoms with Crippen molar-refractivity contribution in [1.29, 1.82) is 0 Å². The van der Waals surface area contributed by atoms with Crippen LogP contribution in [0.4, 0.5) is 10.1 Å². The summed E-state index contributed by atoms with van der Waals surface area (Å²) in [6, 6.07) is 3.68. The first kappa shape index (κ1) is 14.2. The number of aliphatic hydroxyl groups is 1. The fourth-order valence-corrected chi connectivity index (χ4v) is 3.41. The fourth-order valence-electron chi connectivity index (χ4n) is 1.41. The van der Waals surface area contributed by atoms with E-state index >= 15 is 0 Å². The standard InChI is InChI=1S/C10H9FIN3O3S/c11-7-1-2-9(8(12)3-7)15-19(17,18)10-6(5-16)4-13-14-10/h1-4,15-16H,5H2,(H,13,14). The van der Waals surface area contributed by atoms with Gasteiger partial charge in [0, 0.05) is 9.13 Å². The molecule has 0 fully saturated rings. The average molecular weight is 397 g/mol. The van der Waals surface area contributed by atoms with Crippen LogP contribution in [0.3, 0.4) is 0 Å². The Bertz CT molecular complexity index is 702. The quantitative estimate of drug-likeness (QED) is 0.681. The second kappa shape index (κ2) is 5.43. The van der Waals surface area contributed by atoms with E-state index in [4.69, 9.17) is 5.11 Å². The summed E-state index contributed by atoms with van der Waals surface area (Å²) in [6.45, 7) is -0.451. The number of benzene rings is 1. The monoisotopic (exact) mass is 397 g/mol. The summed E-state index contributed by atoms with van der Waals surface area (Å²) in [7, 11) is -3.90. The second-order valence-corrected chi connectivity index (χ2v) is 6.39. The van der Waals surface area contributed by atoms with E-state index in [-0.39, 0.29) is 16.3 Å². The molecule has 0 aliphatic rings. The molecule has 0 unspecified atom stereocenters. The van der Waals surface area contributed by atoms with E-state index < -0.39 is 22.4 Å². The maximum absolute atomic E-state index is 12.9. The summed E-state index contributed by atoms with van der Waals surface area (Å²) < 4.78 is 39.8. The molecule has 3 N–H and O–H groups in total. The molecule has 1 aromatic heterocycles. The smallest absolute Gasteiger partial charge is 0.279 e. The van der Waals surface area contributed by atoms with E-state index in [1.54, 1.807) is 0 Å². The van der Waals surface area contributed by atoms with Crippen LogP contribution in [-0.4, -0.2) is 23.7 Å². The van der Waals surface area contributed by atoms with E-state index in [1.807, 2.05) is 22.6 Å². The molecule has 0 radical (unpaired) electrons. The van der Waals surface area contributed by atoms with Gasteiger partial charge in [-0.05, 0) is 40.8 Å². The van der Waals surface area contributed by atoms with Crippen molar-refractivity contribution in [1.82, 2.24) is 10.2 Å². The highest BCUT2D eigenvalue weighted by molar-refractivity contribution is 14.1. The molecule has 0 saturated carbocycles. The van der Waals surface area contributed by atoms with Gasteiger partial charge in [-0.1, -0.05) is 0 Å². The topological polar surface area (TPSA) is 95.1 Å². The third-order valence-electron chi connectivity index (χ3n) is 2.29. The highest BCUT2D eigenvalue weighted by Crippen LogP contribution is 2.23. The zero-order valence-electron chi connectivity index (χ0n) is 9.39. The van der Waals surface area contributed by atoms with E-state index in [0.29, 0.717) is 3.57 Å². The van der Waals surface area contributed by atoms with Crippen LogP contribution < -0.4 is 4.72 Å². The van der Waals surface area contributed by atoms with Gasteiger partial charge in [0.05, 0.1) is 18.5 Å². The van der Waals surface area contributed by atoms with Gasteiger partial charge in [-0.25, -0.2) is 4.39 Å². The highest BCUT2D eigenvalue weighted by atomic mass is 127. The Balaban J connectivity index is 2.37. The Kier molecular flexibility index (Phi) is 4.06. The molecule has 1 heterocycles. The number of hydrogen-bond donors (Lipinski definition) is 3. The van der Waals surface area contributed by atoms with Crippen molar-refractivity contribution >= 4 is 38.3 Å². The zero-order valence-corrected chi connectivity index (χ0v) is 12.4. The molecule has 19 heavy (non-hydrogen) atoms. The number of H-pyrrole nitrogens is 1. The number of aliphatic hydroxyl groups excluding tert-OH is 1. The number of nitrogens with zero attached hydrogens (tertiary/aromatic N) is 1. The maximum atomic E-state index is 12.9. The van der Waals surface area contributed by atoms with Gasteiger partial charge >= 0.3 is 0 Å². The number of sulfonamides is 1. The maximum Gasteiger partial charge on any atom is 0.279 e. The summed E-state index contributed by atoms with van der Waals surface area (Å²) in [6.07, 6.45) is 1.23. The molecule has 0 atom stereocenters. The van der Waals surface area contributed by atoms with Crippen LogP contribution in [0, 0.1) is 9.39 Å². The second-order valence-electron chi connectivity index (χ2n) is 3.61. The Morgan fingerprint density at radius 3 is 2.84 bits per heavy atom. The summed E-state index contributed by atoms with van der Waals surface area (Å²) in [4.78, 5) is 0. The van der Waals surface area contributed by atoms with Gasteiger partial charge in [-0.2, -0.15) is 13.5 Å². The molecule has 102 valence electrons. The highest BCUT2D eigenvalue weighted by Gasteiger charge is 2.21. The summed E-state index contributed by atoms with van der Waals surface area (Å²) in [5.74, 6) is -0.454. The van der Waals surface area contributed by atoms with E-state index in [2.05, 4.69) is 14.9 Å². The average Bonchev–Trinajstić information content (AvgIpc) is 2.82. The van der Waals surface area contributed by atoms with Gasteiger partial charge in [0.25, 0.3) is 10.0 Å². The molecule has 0 saturated heterocycles. The van der Waals surface area contributed by atoms with Crippen molar-refractivity contribution in [3.05, 3.63) is 39.3 Å². The van der Waals surface area contributed by atoms with Crippen LogP contribution in [0.2, 0.25) is 0 Å². The van der Waals surface area contributed by atoms with E-state index in [9.17, 15) is 12.8 Å². The normalized spacial score (nSPS) is 11.5.